The molecule has 2 amide bonds. The number of aliphatic imine (C=N–C) groups is 1. The van der Waals surface area contributed by atoms with Gasteiger partial charge in [0.25, 0.3) is 11.8 Å². The minimum Gasteiger partial charge on any atom is -0.351 e. The zero-order valence-corrected chi connectivity index (χ0v) is 20.8. The minimum absolute atomic E-state index is 0.00318. The van der Waals surface area contributed by atoms with Crippen LogP contribution in [0.4, 0.5) is 5.82 Å². The molecule has 4 rings (SSSR count). The summed E-state index contributed by atoms with van der Waals surface area (Å²) >= 11 is 1.40. The van der Waals surface area contributed by atoms with E-state index < -0.39 is 11.8 Å². The number of amides is 2. The maximum absolute atomic E-state index is 13.1. The number of unbranched alkanes of at least 4 members (excludes halogenated alkanes) is 2. The van der Waals surface area contributed by atoms with Crippen molar-refractivity contribution in [2.45, 2.75) is 49.5 Å². The van der Waals surface area contributed by atoms with Crippen LogP contribution in [0.25, 0.3) is 0 Å². The van der Waals surface area contributed by atoms with Gasteiger partial charge in [-0.25, -0.2) is 15.0 Å². The van der Waals surface area contributed by atoms with Gasteiger partial charge in [0.15, 0.2) is 17.2 Å². The van der Waals surface area contributed by atoms with Crippen LogP contribution in [0.3, 0.4) is 0 Å². The van der Waals surface area contributed by atoms with Crippen molar-refractivity contribution in [1.29, 1.82) is 0 Å². The summed E-state index contributed by atoms with van der Waals surface area (Å²) < 4.78 is 0. The molecule has 0 atom stereocenters. The van der Waals surface area contributed by atoms with E-state index in [9.17, 15) is 9.59 Å². The van der Waals surface area contributed by atoms with E-state index in [1.807, 2.05) is 54.6 Å². The molecule has 2 heterocycles. The smallest absolute Gasteiger partial charge is 0.272 e. The molecule has 1 aliphatic heterocycles. The van der Waals surface area contributed by atoms with Crippen LogP contribution in [0.5, 0.6) is 0 Å². The van der Waals surface area contributed by atoms with Gasteiger partial charge < -0.3 is 10.6 Å². The van der Waals surface area contributed by atoms with Crippen LogP contribution in [0.1, 0.15) is 71.6 Å². The first-order chi connectivity index (χ1) is 17.1. The Kier molecular flexibility index (Phi) is 8.26. The van der Waals surface area contributed by atoms with Crippen LogP contribution in [0.2, 0.25) is 0 Å². The maximum Gasteiger partial charge on any atom is 0.272 e. The van der Waals surface area contributed by atoms with Gasteiger partial charge >= 0.3 is 0 Å². The Morgan fingerprint density at radius 1 is 0.800 bits per heavy atom. The van der Waals surface area contributed by atoms with E-state index in [4.69, 9.17) is 4.99 Å². The number of fused-ring (bicyclic) bond motifs is 2. The summed E-state index contributed by atoms with van der Waals surface area (Å²) in [5.74, 6) is -0.492. The predicted octanol–water partition coefficient (Wildman–Crippen LogP) is 5.17. The van der Waals surface area contributed by atoms with Crippen LogP contribution < -0.4 is 10.6 Å². The third-order valence-electron chi connectivity index (χ3n) is 5.52. The molecule has 0 radical (unpaired) electrons. The Balaban J connectivity index is 1.83. The standard InChI is InChI=1S/C27H29N5O2S/c1-3-5-16-28-25(33)22-23(26(34)29-17-6-4-2)32-27-24(31-22)30-21(18-12-8-7-9-13-18)19-14-10-11-15-20(19)35-27/h7-15H,3-6,16-17H2,1-2H3,(H,28,33)(H,29,34). The van der Waals surface area contributed by atoms with Crippen molar-refractivity contribution in [1.82, 2.24) is 20.6 Å². The number of rotatable bonds is 9. The van der Waals surface area contributed by atoms with Gasteiger partial charge in [-0.15, -0.1) is 0 Å². The number of benzene rings is 2. The van der Waals surface area contributed by atoms with Crippen LogP contribution in [0, 0.1) is 0 Å². The molecule has 2 N–H and O–H groups in total. The lowest BCUT2D eigenvalue weighted by molar-refractivity contribution is 0.0910. The zero-order chi connectivity index (χ0) is 24.6. The fourth-order valence-corrected chi connectivity index (χ4v) is 4.58. The first-order valence-corrected chi connectivity index (χ1v) is 12.8. The van der Waals surface area contributed by atoms with Crippen molar-refractivity contribution < 1.29 is 9.59 Å². The largest absolute Gasteiger partial charge is 0.351 e. The molecule has 0 spiro atoms. The highest BCUT2D eigenvalue weighted by Crippen LogP contribution is 2.39. The van der Waals surface area contributed by atoms with Crippen molar-refractivity contribution in [2.75, 3.05) is 13.1 Å². The summed E-state index contributed by atoms with van der Waals surface area (Å²) in [6.07, 6.45) is 3.57. The summed E-state index contributed by atoms with van der Waals surface area (Å²) in [4.78, 5) is 41.2. The maximum atomic E-state index is 13.1. The van der Waals surface area contributed by atoms with Crippen LogP contribution in [0.15, 0.2) is 69.5 Å². The van der Waals surface area contributed by atoms with Crippen molar-refractivity contribution in [3.05, 3.63) is 77.1 Å². The normalized spacial score (nSPS) is 12.1. The quantitative estimate of drug-likeness (QED) is 0.318. The molecule has 1 aliphatic rings. The second-order valence-electron chi connectivity index (χ2n) is 8.19. The molecule has 0 saturated carbocycles. The van der Waals surface area contributed by atoms with E-state index in [1.165, 1.54) is 11.8 Å². The molecule has 8 heteroatoms. The molecule has 0 unspecified atom stereocenters. The van der Waals surface area contributed by atoms with Crippen LogP contribution >= 0.6 is 11.8 Å². The van der Waals surface area contributed by atoms with Gasteiger partial charge in [-0.05, 0) is 18.9 Å². The predicted molar refractivity (Wildman–Crippen MR) is 139 cm³/mol. The van der Waals surface area contributed by atoms with Gasteiger partial charge in [0.1, 0.15) is 5.03 Å². The first kappa shape index (κ1) is 24.6. The Morgan fingerprint density at radius 2 is 1.40 bits per heavy atom. The average Bonchev–Trinajstić information content (AvgIpc) is 3.05. The molecular weight excluding hydrogens is 458 g/mol. The second kappa shape index (κ2) is 11.8. The van der Waals surface area contributed by atoms with E-state index in [1.54, 1.807) is 0 Å². The zero-order valence-electron chi connectivity index (χ0n) is 20.0. The summed E-state index contributed by atoms with van der Waals surface area (Å²) in [6.45, 7) is 5.12. The fraction of sp³-hybridized carbons (Fsp3) is 0.296. The topological polar surface area (TPSA) is 96.3 Å². The van der Waals surface area contributed by atoms with Gasteiger partial charge in [-0.2, -0.15) is 0 Å². The summed E-state index contributed by atoms with van der Waals surface area (Å²) in [6, 6.07) is 17.8. The number of hydrogen-bond donors (Lipinski definition) is 2. The molecule has 2 aromatic carbocycles. The lowest BCUT2D eigenvalue weighted by atomic mass is 10.0. The molecule has 180 valence electrons. The first-order valence-electron chi connectivity index (χ1n) is 12.0. The van der Waals surface area contributed by atoms with E-state index >= 15 is 0 Å². The van der Waals surface area contributed by atoms with Gasteiger partial charge in [-0.1, -0.05) is 87.0 Å². The molecule has 35 heavy (non-hydrogen) atoms. The van der Waals surface area contributed by atoms with Crippen LogP contribution in [-0.2, 0) is 0 Å². The summed E-state index contributed by atoms with van der Waals surface area (Å²) in [7, 11) is 0. The van der Waals surface area contributed by atoms with E-state index in [0.717, 1.165) is 47.4 Å². The third-order valence-corrected chi connectivity index (χ3v) is 6.57. The van der Waals surface area contributed by atoms with Gasteiger partial charge in [-0.3, -0.25) is 9.59 Å². The Hall–Kier alpha value is -3.52. The molecule has 7 nitrogen and oxygen atoms in total. The molecule has 3 aromatic rings. The van der Waals surface area contributed by atoms with E-state index in [2.05, 4.69) is 34.4 Å². The third kappa shape index (κ3) is 5.77. The molecule has 0 saturated heterocycles. The van der Waals surface area contributed by atoms with Crippen LogP contribution in [-0.4, -0.2) is 40.6 Å². The Morgan fingerprint density at radius 3 is 2.06 bits per heavy atom. The average molecular weight is 488 g/mol. The molecule has 0 aliphatic carbocycles. The second-order valence-corrected chi connectivity index (χ2v) is 9.22. The van der Waals surface area contributed by atoms with E-state index in [-0.39, 0.29) is 11.4 Å². The number of aromatic nitrogens is 2. The van der Waals surface area contributed by atoms with Crippen molar-refractivity contribution >= 4 is 35.1 Å². The fourth-order valence-electron chi connectivity index (χ4n) is 3.63. The minimum atomic E-state index is -0.419. The summed E-state index contributed by atoms with van der Waals surface area (Å²) in [5, 5.41) is 6.23. The lowest BCUT2D eigenvalue weighted by Crippen LogP contribution is -2.32. The highest BCUT2D eigenvalue weighted by Gasteiger charge is 2.27. The van der Waals surface area contributed by atoms with Gasteiger partial charge in [0.2, 0.25) is 0 Å². The number of nitrogens with one attached hydrogen (secondary N) is 2. The monoisotopic (exact) mass is 487 g/mol. The van der Waals surface area contributed by atoms with Crippen molar-refractivity contribution in [3.8, 4) is 0 Å². The lowest BCUT2D eigenvalue weighted by Gasteiger charge is -2.12. The van der Waals surface area contributed by atoms with Gasteiger partial charge in [0.05, 0.1) is 5.71 Å². The number of carbonyl (C=O) groups is 2. The van der Waals surface area contributed by atoms with Gasteiger partial charge in [0, 0.05) is 29.1 Å². The van der Waals surface area contributed by atoms with Crippen molar-refractivity contribution in [3.63, 3.8) is 0 Å². The molecule has 0 fully saturated rings. The Bertz CT molecular complexity index is 1240. The number of nitrogens with zero attached hydrogens (tertiary/aromatic N) is 3. The summed E-state index contributed by atoms with van der Waals surface area (Å²) in [5.41, 5.74) is 2.66. The number of hydrogen-bond acceptors (Lipinski definition) is 6. The van der Waals surface area contributed by atoms with Crippen molar-refractivity contribution in [2.24, 2.45) is 4.99 Å². The van der Waals surface area contributed by atoms with E-state index in [0.29, 0.717) is 23.9 Å². The highest BCUT2D eigenvalue weighted by atomic mass is 32.2. The highest BCUT2D eigenvalue weighted by molar-refractivity contribution is 7.99. The SMILES string of the molecule is CCCCNC(=O)c1nc2c(nc1C(=O)NCCCC)Sc1ccccc1C(c1ccccc1)=N2. The molecule has 1 aromatic heterocycles. The Labute approximate surface area is 209 Å². The molecular formula is C27H29N5O2S. The number of carbonyl (C=O) groups excluding carboxylic acids is 2. The molecule has 0 bridgehead atoms.